The zero-order chi connectivity index (χ0) is 12.8. The molecule has 0 radical (unpaired) electrons. The molecule has 4 N–H and O–H groups in total. The number of amides is 1. The third-order valence-corrected chi connectivity index (χ3v) is 2.49. The second-order valence-electron chi connectivity index (χ2n) is 3.94. The molecule has 0 bridgehead atoms. The van der Waals surface area contributed by atoms with Crippen LogP contribution in [-0.4, -0.2) is 59.2 Å². The number of hydrogen-bond donors (Lipinski definition) is 4. The van der Waals surface area contributed by atoms with E-state index in [9.17, 15) is 20.1 Å². The van der Waals surface area contributed by atoms with Gasteiger partial charge in [-0.1, -0.05) is 13.3 Å². The minimum absolute atomic E-state index is 0.155. The van der Waals surface area contributed by atoms with E-state index in [1.165, 1.54) is 0 Å². The molecule has 0 aromatic carbocycles. The highest BCUT2D eigenvalue weighted by atomic mass is 16.6. The van der Waals surface area contributed by atoms with Crippen LogP contribution >= 0.6 is 0 Å². The molecule has 1 rings (SSSR count). The molecule has 1 fully saturated rings. The van der Waals surface area contributed by atoms with E-state index in [0.717, 1.165) is 12.8 Å². The van der Waals surface area contributed by atoms with E-state index in [2.05, 4.69) is 5.32 Å². The number of carbonyl (C=O) groups excluding carboxylic acids is 1. The van der Waals surface area contributed by atoms with E-state index in [1.807, 2.05) is 6.92 Å². The van der Waals surface area contributed by atoms with Crippen molar-refractivity contribution in [3.05, 3.63) is 0 Å². The first kappa shape index (κ1) is 14.2. The predicted molar refractivity (Wildman–Crippen MR) is 57.2 cm³/mol. The van der Waals surface area contributed by atoms with Crippen LogP contribution in [0.2, 0.25) is 0 Å². The SMILES string of the molecule is CCCCOC(=O)N[C@@H]1OC[C@@H](O)[C@@H](O)[C@H]1O. The molecule has 7 nitrogen and oxygen atoms in total. The number of aliphatic hydroxyl groups is 3. The van der Waals surface area contributed by atoms with Crippen molar-refractivity contribution in [2.24, 2.45) is 0 Å². The summed E-state index contributed by atoms with van der Waals surface area (Å²) >= 11 is 0. The molecule has 7 heteroatoms. The summed E-state index contributed by atoms with van der Waals surface area (Å²) in [6, 6.07) is 0. The maximum atomic E-state index is 11.3. The number of ether oxygens (including phenoxy) is 2. The molecule has 0 aromatic heterocycles. The van der Waals surface area contributed by atoms with Crippen LogP contribution in [0.5, 0.6) is 0 Å². The Balaban J connectivity index is 2.33. The summed E-state index contributed by atoms with van der Waals surface area (Å²) in [5, 5.41) is 30.4. The fraction of sp³-hybridized carbons (Fsp3) is 0.900. The van der Waals surface area contributed by atoms with Gasteiger partial charge in [-0.2, -0.15) is 0 Å². The quantitative estimate of drug-likeness (QED) is 0.474. The van der Waals surface area contributed by atoms with Crippen molar-refractivity contribution in [2.45, 2.75) is 44.3 Å². The van der Waals surface area contributed by atoms with Crippen LogP contribution in [0.15, 0.2) is 0 Å². The summed E-state index contributed by atoms with van der Waals surface area (Å²) in [6.45, 7) is 2.10. The Kier molecular flexibility index (Phi) is 5.63. The number of rotatable bonds is 4. The van der Waals surface area contributed by atoms with E-state index in [-0.39, 0.29) is 13.2 Å². The lowest BCUT2D eigenvalue weighted by molar-refractivity contribution is -0.192. The van der Waals surface area contributed by atoms with Gasteiger partial charge in [0.1, 0.15) is 18.3 Å². The normalized spacial score (nSPS) is 33.2. The summed E-state index contributed by atoms with van der Waals surface area (Å²) in [5.41, 5.74) is 0. The average molecular weight is 249 g/mol. The Morgan fingerprint density at radius 2 is 2.12 bits per heavy atom. The highest BCUT2D eigenvalue weighted by Crippen LogP contribution is 2.13. The highest BCUT2D eigenvalue weighted by molar-refractivity contribution is 5.67. The van der Waals surface area contributed by atoms with E-state index in [1.54, 1.807) is 0 Å². The zero-order valence-electron chi connectivity index (χ0n) is 9.70. The van der Waals surface area contributed by atoms with Gasteiger partial charge in [0.25, 0.3) is 0 Å². The van der Waals surface area contributed by atoms with Gasteiger partial charge < -0.3 is 24.8 Å². The molecule has 100 valence electrons. The van der Waals surface area contributed by atoms with Crippen molar-refractivity contribution in [3.8, 4) is 0 Å². The minimum Gasteiger partial charge on any atom is -0.450 e. The molecule has 17 heavy (non-hydrogen) atoms. The van der Waals surface area contributed by atoms with E-state index >= 15 is 0 Å². The average Bonchev–Trinajstić information content (AvgIpc) is 2.30. The highest BCUT2D eigenvalue weighted by Gasteiger charge is 2.38. The first-order valence-corrected chi connectivity index (χ1v) is 5.65. The number of unbranched alkanes of at least 4 members (excludes halogenated alkanes) is 1. The molecule has 1 aliphatic heterocycles. The van der Waals surface area contributed by atoms with Crippen LogP contribution < -0.4 is 5.32 Å². The first-order chi connectivity index (χ1) is 8.06. The molecule has 1 heterocycles. The molecule has 0 aromatic rings. The molecular formula is C10H19NO6. The van der Waals surface area contributed by atoms with Crippen molar-refractivity contribution in [2.75, 3.05) is 13.2 Å². The van der Waals surface area contributed by atoms with Crippen LogP contribution in [0.25, 0.3) is 0 Å². The molecule has 1 amide bonds. The summed E-state index contributed by atoms with van der Waals surface area (Å²) in [6.07, 6.45) is -4.00. The van der Waals surface area contributed by atoms with Crippen molar-refractivity contribution >= 4 is 6.09 Å². The van der Waals surface area contributed by atoms with Gasteiger partial charge >= 0.3 is 6.09 Å². The summed E-state index contributed by atoms with van der Waals surface area (Å²) in [5.74, 6) is 0. The Labute approximate surface area is 99.3 Å². The molecule has 1 aliphatic rings. The molecule has 0 saturated carbocycles. The maximum Gasteiger partial charge on any atom is 0.409 e. The molecule has 4 atom stereocenters. The van der Waals surface area contributed by atoms with Crippen molar-refractivity contribution in [1.82, 2.24) is 5.32 Å². The van der Waals surface area contributed by atoms with Gasteiger partial charge in [-0.25, -0.2) is 4.79 Å². The lowest BCUT2D eigenvalue weighted by atomic mass is 10.0. The predicted octanol–water partition coefficient (Wildman–Crippen LogP) is -1.05. The van der Waals surface area contributed by atoms with Crippen LogP contribution in [0.1, 0.15) is 19.8 Å². The van der Waals surface area contributed by atoms with Gasteiger partial charge in [0, 0.05) is 0 Å². The summed E-state index contributed by atoms with van der Waals surface area (Å²) in [7, 11) is 0. The molecule has 1 saturated heterocycles. The second-order valence-corrected chi connectivity index (χ2v) is 3.94. The van der Waals surface area contributed by atoms with E-state index in [4.69, 9.17) is 9.47 Å². The van der Waals surface area contributed by atoms with Crippen molar-refractivity contribution in [1.29, 1.82) is 0 Å². The van der Waals surface area contributed by atoms with E-state index in [0.29, 0.717) is 0 Å². The van der Waals surface area contributed by atoms with Crippen molar-refractivity contribution in [3.63, 3.8) is 0 Å². The fourth-order valence-electron chi connectivity index (χ4n) is 1.40. The van der Waals surface area contributed by atoms with Gasteiger partial charge in [-0.05, 0) is 6.42 Å². The maximum absolute atomic E-state index is 11.3. The van der Waals surface area contributed by atoms with Gasteiger partial charge in [0.2, 0.25) is 0 Å². The van der Waals surface area contributed by atoms with Crippen LogP contribution in [0, 0.1) is 0 Å². The van der Waals surface area contributed by atoms with Gasteiger partial charge in [-0.15, -0.1) is 0 Å². The number of aliphatic hydroxyl groups excluding tert-OH is 3. The monoisotopic (exact) mass is 249 g/mol. The third kappa shape index (κ3) is 4.12. The number of carbonyl (C=O) groups is 1. The zero-order valence-corrected chi connectivity index (χ0v) is 9.70. The minimum atomic E-state index is -1.38. The van der Waals surface area contributed by atoms with Crippen LogP contribution in [-0.2, 0) is 9.47 Å². The smallest absolute Gasteiger partial charge is 0.409 e. The molecule has 0 aliphatic carbocycles. The standard InChI is InChI=1S/C10H19NO6/c1-2-3-4-16-10(15)11-9-8(14)7(13)6(12)5-17-9/h6-9,12-14H,2-5H2,1H3,(H,11,15)/t6-,7-,8-,9-/m1/s1. The summed E-state index contributed by atoms with van der Waals surface area (Å²) < 4.78 is 9.79. The first-order valence-electron chi connectivity index (χ1n) is 5.65. The number of nitrogens with one attached hydrogen (secondary N) is 1. The fourth-order valence-corrected chi connectivity index (χ4v) is 1.40. The summed E-state index contributed by atoms with van der Waals surface area (Å²) in [4.78, 5) is 11.3. The van der Waals surface area contributed by atoms with Gasteiger partial charge in [0.15, 0.2) is 6.23 Å². The lowest BCUT2D eigenvalue weighted by Crippen LogP contribution is -2.59. The Hall–Kier alpha value is -0.890. The van der Waals surface area contributed by atoms with Gasteiger partial charge in [0.05, 0.1) is 13.2 Å². The number of alkyl carbamates (subject to hydrolysis) is 1. The van der Waals surface area contributed by atoms with Crippen LogP contribution in [0.3, 0.4) is 0 Å². The Morgan fingerprint density at radius 1 is 1.41 bits per heavy atom. The third-order valence-electron chi connectivity index (χ3n) is 2.49. The molecule has 0 unspecified atom stereocenters. The topological polar surface area (TPSA) is 108 Å². The molecule has 0 spiro atoms. The van der Waals surface area contributed by atoms with Crippen LogP contribution in [0.4, 0.5) is 4.79 Å². The Morgan fingerprint density at radius 3 is 2.76 bits per heavy atom. The van der Waals surface area contributed by atoms with Crippen molar-refractivity contribution < 1.29 is 29.6 Å². The van der Waals surface area contributed by atoms with Gasteiger partial charge in [-0.3, -0.25) is 5.32 Å². The molecular weight excluding hydrogens is 230 g/mol. The lowest BCUT2D eigenvalue weighted by Gasteiger charge is -2.35. The number of hydrogen-bond acceptors (Lipinski definition) is 6. The largest absolute Gasteiger partial charge is 0.450 e. The van der Waals surface area contributed by atoms with E-state index < -0.39 is 30.6 Å². The second kappa shape index (κ2) is 6.75. The Bertz CT molecular complexity index is 249.